The zero-order chi connectivity index (χ0) is 19.9. The molecule has 9 heteroatoms. The highest BCUT2D eigenvalue weighted by atomic mass is 32.2. The highest BCUT2D eigenvalue weighted by Crippen LogP contribution is 2.33. The maximum absolute atomic E-state index is 12.5. The van der Waals surface area contributed by atoms with Gasteiger partial charge in [0.15, 0.2) is 0 Å². The fourth-order valence-electron chi connectivity index (χ4n) is 3.67. The smallest absolute Gasteiger partial charge is 0.276 e. The summed E-state index contributed by atoms with van der Waals surface area (Å²) in [7, 11) is -3.93. The number of carbonyl (C=O) groups excluding carboxylic acids is 2. The van der Waals surface area contributed by atoms with Gasteiger partial charge < -0.3 is 5.32 Å². The van der Waals surface area contributed by atoms with Crippen LogP contribution in [0.15, 0.2) is 29.2 Å². The number of sulfonamides is 1. The fraction of sp³-hybridized carbons (Fsp3) is 0.368. The Morgan fingerprint density at radius 2 is 2.11 bits per heavy atom. The minimum atomic E-state index is -3.93. The van der Waals surface area contributed by atoms with E-state index >= 15 is 0 Å². The van der Waals surface area contributed by atoms with Crippen LogP contribution in [-0.2, 0) is 34.1 Å². The van der Waals surface area contributed by atoms with E-state index in [1.807, 2.05) is 6.07 Å². The first-order valence-corrected chi connectivity index (χ1v) is 11.5. The second-order valence-corrected chi connectivity index (χ2v) is 10.00. The van der Waals surface area contributed by atoms with Crippen molar-refractivity contribution in [2.45, 2.75) is 43.9 Å². The molecule has 1 aromatic heterocycles. The quantitative estimate of drug-likeness (QED) is 0.647. The maximum atomic E-state index is 12.5. The van der Waals surface area contributed by atoms with Gasteiger partial charge in [-0.25, -0.2) is 8.42 Å². The third-order valence-corrected chi connectivity index (χ3v) is 7.78. The molecule has 1 aromatic carbocycles. The van der Waals surface area contributed by atoms with E-state index < -0.39 is 15.9 Å². The molecule has 0 spiro atoms. The largest absolute Gasteiger partial charge is 0.326 e. The van der Waals surface area contributed by atoms with Gasteiger partial charge in [-0.2, -0.15) is 0 Å². The number of thiophene rings is 1. The van der Waals surface area contributed by atoms with Gasteiger partial charge >= 0.3 is 0 Å². The van der Waals surface area contributed by atoms with Gasteiger partial charge in [0.05, 0.1) is 16.2 Å². The molecule has 1 atom stereocenters. The summed E-state index contributed by atoms with van der Waals surface area (Å²) in [6.07, 6.45) is 4.35. The number of fused-ring (bicyclic) bond motifs is 2. The lowest BCUT2D eigenvalue weighted by atomic mass is 9.87. The van der Waals surface area contributed by atoms with Crippen LogP contribution in [0.25, 0.3) is 0 Å². The van der Waals surface area contributed by atoms with E-state index in [-0.39, 0.29) is 17.2 Å². The van der Waals surface area contributed by atoms with E-state index in [0.717, 1.165) is 25.7 Å². The number of aryl methyl sites for hydroxylation is 1. The van der Waals surface area contributed by atoms with E-state index in [0.29, 0.717) is 22.0 Å². The predicted molar refractivity (Wildman–Crippen MR) is 107 cm³/mol. The van der Waals surface area contributed by atoms with Gasteiger partial charge in [-0.3, -0.25) is 15.0 Å². The molecule has 0 bridgehead atoms. The third-order valence-electron chi connectivity index (χ3n) is 5.30. The number of hydrogen-bond acceptors (Lipinski definition) is 5. The molecular weight excluding hydrogens is 398 g/mol. The second-order valence-electron chi connectivity index (χ2n) is 7.18. The van der Waals surface area contributed by atoms with Crippen molar-refractivity contribution in [2.75, 3.05) is 5.32 Å². The maximum Gasteiger partial charge on any atom is 0.276 e. The van der Waals surface area contributed by atoms with Gasteiger partial charge in [0.25, 0.3) is 15.9 Å². The molecule has 1 aliphatic heterocycles. The summed E-state index contributed by atoms with van der Waals surface area (Å²) < 4.78 is 25.0. The van der Waals surface area contributed by atoms with Gasteiger partial charge in [-0.05, 0) is 60.6 Å². The molecule has 1 aliphatic carbocycles. The van der Waals surface area contributed by atoms with Crippen molar-refractivity contribution < 1.29 is 18.0 Å². The predicted octanol–water partition coefficient (Wildman–Crippen LogP) is 2.38. The molecule has 28 heavy (non-hydrogen) atoms. The Morgan fingerprint density at radius 1 is 1.29 bits per heavy atom. The molecule has 7 nitrogen and oxygen atoms in total. The molecule has 0 fully saturated rings. The highest BCUT2D eigenvalue weighted by Gasteiger charge is 2.24. The molecule has 2 aliphatic rings. The molecule has 0 radical (unpaired) electrons. The Labute approximate surface area is 167 Å². The summed E-state index contributed by atoms with van der Waals surface area (Å²) in [6.45, 7) is 2.18. The number of rotatable bonds is 5. The lowest BCUT2D eigenvalue weighted by Gasteiger charge is -2.19. The summed E-state index contributed by atoms with van der Waals surface area (Å²) in [6, 6.07) is 6.26. The lowest BCUT2D eigenvalue weighted by Crippen LogP contribution is -2.41. The Bertz CT molecular complexity index is 1060. The minimum absolute atomic E-state index is 0.000637. The standard InChI is InChI=1S/C19H21N3O4S2/c1-2-11-3-6-16-13(7-11)9-17(27-16)19(24)21-22-28(25,26)14-4-5-15-12(8-14)10-18(23)20-15/h4-5,8-9,11,22H,2-3,6-7,10H2,1H3,(H,20,23)(H,21,24)/t11-/m1/s1. The highest BCUT2D eigenvalue weighted by molar-refractivity contribution is 7.89. The van der Waals surface area contributed by atoms with Crippen LogP contribution in [0.3, 0.4) is 0 Å². The van der Waals surface area contributed by atoms with E-state index in [1.54, 1.807) is 6.07 Å². The third kappa shape index (κ3) is 3.69. The topological polar surface area (TPSA) is 104 Å². The molecule has 3 N–H and O–H groups in total. The first-order chi connectivity index (χ1) is 13.4. The zero-order valence-corrected chi connectivity index (χ0v) is 17.0. The van der Waals surface area contributed by atoms with Gasteiger partial charge in [-0.15, -0.1) is 16.2 Å². The molecule has 2 amide bonds. The summed E-state index contributed by atoms with van der Waals surface area (Å²) in [4.78, 5) is 27.7. The van der Waals surface area contributed by atoms with Gasteiger partial charge in [0, 0.05) is 10.6 Å². The van der Waals surface area contributed by atoms with Crippen LogP contribution in [0.5, 0.6) is 0 Å². The van der Waals surface area contributed by atoms with Crippen molar-refractivity contribution >= 4 is 38.9 Å². The Hall–Kier alpha value is -2.23. The van der Waals surface area contributed by atoms with E-state index in [1.165, 1.54) is 33.9 Å². The number of benzene rings is 1. The first kappa shape index (κ1) is 19.1. The molecular formula is C19H21N3O4S2. The van der Waals surface area contributed by atoms with Crippen LogP contribution in [0, 0.1) is 5.92 Å². The second kappa shape index (κ2) is 7.31. The van der Waals surface area contributed by atoms with Gasteiger partial charge in [0.2, 0.25) is 5.91 Å². The van der Waals surface area contributed by atoms with E-state index in [2.05, 4.69) is 22.5 Å². The summed E-state index contributed by atoms with van der Waals surface area (Å²) in [5.41, 5.74) is 4.73. The molecule has 0 unspecified atom stereocenters. The molecule has 4 rings (SSSR count). The van der Waals surface area contributed by atoms with Crippen LogP contribution >= 0.6 is 11.3 Å². The number of hydrogen-bond donors (Lipinski definition) is 3. The van der Waals surface area contributed by atoms with Crippen molar-refractivity contribution in [3.05, 3.63) is 45.1 Å². The van der Waals surface area contributed by atoms with Crippen molar-refractivity contribution in [3.63, 3.8) is 0 Å². The van der Waals surface area contributed by atoms with Crippen LogP contribution in [0.2, 0.25) is 0 Å². The number of anilines is 1. The van der Waals surface area contributed by atoms with Crippen LogP contribution in [-0.4, -0.2) is 20.2 Å². The van der Waals surface area contributed by atoms with Crippen LogP contribution in [0.1, 0.15) is 45.4 Å². The molecule has 148 valence electrons. The lowest BCUT2D eigenvalue weighted by molar-refractivity contribution is -0.115. The average Bonchev–Trinajstić information content (AvgIpc) is 3.26. The van der Waals surface area contributed by atoms with Gasteiger partial charge in [0.1, 0.15) is 0 Å². The van der Waals surface area contributed by atoms with Crippen molar-refractivity contribution in [2.24, 2.45) is 5.92 Å². The summed E-state index contributed by atoms with van der Waals surface area (Å²) >= 11 is 1.43. The number of nitrogens with one attached hydrogen (secondary N) is 3. The summed E-state index contributed by atoms with van der Waals surface area (Å²) in [5, 5.41) is 2.66. The zero-order valence-electron chi connectivity index (χ0n) is 15.4. The van der Waals surface area contributed by atoms with Crippen molar-refractivity contribution in [3.8, 4) is 0 Å². The fourth-order valence-corrected chi connectivity index (χ4v) is 5.66. The Balaban J connectivity index is 1.44. The monoisotopic (exact) mass is 419 g/mol. The van der Waals surface area contributed by atoms with Gasteiger partial charge in [-0.1, -0.05) is 13.3 Å². The SMILES string of the molecule is CC[C@@H]1CCc2sc(C(=O)NNS(=O)(=O)c3ccc4c(c3)CC(=O)N4)cc2C1. The van der Waals surface area contributed by atoms with Crippen LogP contribution < -0.4 is 15.6 Å². The number of hydrazine groups is 1. The molecule has 2 aromatic rings. The molecule has 0 saturated carbocycles. The van der Waals surface area contributed by atoms with Crippen molar-refractivity contribution in [1.82, 2.24) is 10.3 Å². The summed E-state index contributed by atoms with van der Waals surface area (Å²) in [5.74, 6) is 0.0181. The van der Waals surface area contributed by atoms with Crippen LogP contribution in [0.4, 0.5) is 5.69 Å². The number of amides is 2. The normalized spacial score (nSPS) is 18.3. The van der Waals surface area contributed by atoms with E-state index in [4.69, 9.17) is 0 Å². The minimum Gasteiger partial charge on any atom is -0.326 e. The average molecular weight is 420 g/mol. The number of carbonyl (C=O) groups is 2. The van der Waals surface area contributed by atoms with E-state index in [9.17, 15) is 18.0 Å². The molecule has 0 saturated heterocycles. The van der Waals surface area contributed by atoms with Crippen molar-refractivity contribution in [1.29, 1.82) is 0 Å². The Morgan fingerprint density at radius 3 is 2.89 bits per heavy atom. The first-order valence-electron chi connectivity index (χ1n) is 9.22. The Kier molecular flexibility index (Phi) is 4.98. The molecule has 2 heterocycles.